The molecule has 1 heterocycles. The van der Waals surface area contributed by atoms with Gasteiger partial charge in [0, 0.05) is 11.6 Å². The maximum atomic E-state index is 11.9. The second kappa shape index (κ2) is 9.45. The predicted octanol–water partition coefficient (Wildman–Crippen LogP) is 3.87. The quantitative estimate of drug-likeness (QED) is 0.519. The van der Waals surface area contributed by atoms with Gasteiger partial charge in [0.1, 0.15) is 29.5 Å². The molecule has 0 radical (unpaired) electrons. The number of esters is 1. The predicted molar refractivity (Wildman–Crippen MR) is 101 cm³/mol. The van der Waals surface area contributed by atoms with Crippen molar-refractivity contribution in [2.45, 2.75) is 13.5 Å². The summed E-state index contributed by atoms with van der Waals surface area (Å²) in [5.41, 5.74) is 1.37. The summed E-state index contributed by atoms with van der Waals surface area (Å²) in [7, 11) is 1.61. The second-order valence-electron chi connectivity index (χ2n) is 5.76. The molecule has 3 rings (SSSR count). The molecule has 0 amide bonds. The lowest BCUT2D eigenvalue weighted by Crippen LogP contribution is -2.14. The molecule has 0 aliphatic heterocycles. The van der Waals surface area contributed by atoms with Crippen LogP contribution in [0.15, 0.2) is 59.1 Å². The van der Waals surface area contributed by atoms with Crippen molar-refractivity contribution in [2.75, 3.05) is 20.3 Å². The van der Waals surface area contributed by atoms with Gasteiger partial charge < -0.3 is 23.5 Å². The molecule has 1 aromatic heterocycles. The minimum absolute atomic E-state index is 0.00509. The van der Waals surface area contributed by atoms with E-state index < -0.39 is 5.97 Å². The summed E-state index contributed by atoms with van der Waals surface area (Å²) in [4.78, 5) is 11.9. The number of aromatic nitrogens is 1. The fourth-order valence-electron chi connectivity index (χ4n) is 2.41. The smallest absolute Gasteiger partial charge is 0.344 e. The molecule has 0 N–H and O–H groups in total. The monoisotopic (exact) mass is 383 g/mol. The Bertz CT molecular complexity index is 886. The van der Waals surface area contributed by atoms with Gasteiger partial charge in [0.15, 0.2) is 12.4 Å². The third-order valence-corrected chi connectivity index (χ3v) is 3.81. The van der Waals surface area contributed by atoms with Crippen LogP contribution in [0.1, 0.15) is 12.6 Å². The van der Waals surface area contributed by atoms with E-state index in [1.54, 1.807) is 37.4 Å². The zero-order valence-electron chi connectivity index (χ0n) is 15.7. The van der Waals surface area contributed by atoms with Gasteiger partial charge in [-0.1, -0.05) is 5.16 Å². The van der Waals surface area contributed by atoms with Crippen LogP contribution in [0.4, 0.5) is 0 Å². The largest absolute Gasteiger partial charge is 0.497 e. The van der Waals surface area contributed by atoms with E-state index in [4.69, 9.17) is 23.5 Å². The molecule has 0 atom stereocenters. The van der Waals surface area contributed by atoms with Crippen LogP contribution in [-0.4, -0.2) is 31.4 Å². The average Bonchev–Trinajstić information content (AvgIpc) is 3.21. The Hall–Kier alpha value is -3.48. The lowest BCUT2D eigenvalue weighted by Gasteiger charge is -2.07. The summed E-state index contributed by atoms with van der Waals surface area (Å²) in [6.07, 6.45) is 0. The van der Waals surface area contributed by atoms with Crippen molar-refractivity contribution in [1.82, 2.24) is 5.16 Å². The molecule has 0 aliphatic rings. The standard InChI is InChI=1S/C21H21NO6/c1-3-25-18-8-10-19(11-9-18)26-14-21(23)27-13-16-12-20(28-22-16)15-4-6-17(24-2)7-5-15/h4-12H,3,13-14H2,1-2H3. The Labute approximate surface area is 162 Å². The van der Waals surface area contributed by atoms with Crippen molar-refractivity contribution in [3.63, 3.8) is 0 Å². The van der Waals surface area contributed by atoms with E-state index in [1.165, 1.54) is 0 Å². The highest BCUT2D eigenvalue weighted by atomic mass is 16.6. The van der Waals surface area contributed by atoms with Crippen LogP contribution in [0.3, 0.4) is 0 Å². The molecule has 0 saturated heterocycles. The van der Waals surface area contributed by atoms with Crippen LogP contribution in [-0.2, 0) is 16.1 Å². The minimum atomic E-state index is -0.497. The summed E-state index contributed by atoms with van der Waals surface area (Å²) < 4.78 is 26.3. The van der Waals surface area contributed by atoms with Crippen LogP contribution >= 0.6 is 0 Å². The molecule has 0 unspecified atom stereocenters. The average molecular weight is 383 g/mol. The highest BCUT2D eigenvalue weighted by molar-refractivity contribution is 5.71. The number of carbonyl (C=O) groups is 1. The Balaban J connectivity index is 1.46. The molecule has 0 aliphatic carbocycles. The van der Waals surface area contributed by atoms with Gasteiger partial charge in [-0.15, -0.1) is 0 Å². The van der Waals surface area contributed by atoms with E-state index in [2.05, 4.69) is 5.16 Å². The van der Waals surface area contributed by atoms with Crippen molar-refractivity contribution in [3.8, 4) is 28.6 Å². The molecule has 7 heteroatoms. The van der Waals surface area contributed by atoms with E-state index in [1.807, 2.05) is 31.2 Å². The van der Waals surface area contributed by atoms with Crippen LogP contribution in [0.2, 0.25) is 0 Å². The molecule has 0 fully saturated rings. The van der Waals surface area contributed by atoms with E-state index in [0.29, 0.717) is 23.8 Å². The third-order valence-electron chi connectivity index (χ3n) is 3.81. The van der Waals surface area contributed by atoms with Crippen molar-refractivity contribution < 1.29 is 28.3 Å². The first kappa shape index (κ1) is 19.3. The molecule has 3 aromatic rings. The van der Waals surface area contributed by atoms with Gasteiger partial charge in [0.2, 0.25) is 0 Å². The van der Waals surface area contributed by atoms with Gasteiger partial charge in [-0.25, -0.2) is 4.79 Å². The fraction of sp³-hybridized carbons (Fsp3) is 0.238. The van der Waals surface area contributed by atoms with Gasteiger partial charge >= 0.3 is 5.97 Å². The van der Waals surface area contributed by atoms with E-state index >= 15 is 0 Å². The molecule has 0 saturated carbocycles. The van der Waals surface area contributed by atoms with E-state index in [-0.39, 0.29) is 13.2 Å². The first-order valence-corrected chi connectivity index (χ1v) is 8.79. The Kier molecular flexibility index (Phi) is 6.51. The maximum Gasteiger partial charge on any atom is 0.344 e. The maximum absolute atomic E-state index is 11.9. The third kappa shape index (κ3) is 5.26. The lowest BCUT2D eigenvalue weighted by molar-refractivity contribution is -0.147. The summed E-state index contributed by atoms with van der Waals surface area (Å²) in [5.74, 6) is 2.15. The first-order valence-electron chi connectivity index (χ1n) is 8.79. The SMILES string of the molecule is CCOc1ccc(OCC(=O)OCc2cc(-c3ccc(OC)cc3)on2)cc1. The molecule has 0 spiro atoms. The number of ether oxygens (including phenoxy) is 4. The first-order chi connectivity index (χ1) is 13.7. The van der Waals surface area contributed by atoms with Crippen LogP contribution in [0.5, 0.6) is 17.2 Å². The zero-order chi connectivity index (χ0) is 19.8. The Morgan fingerprint density at radius 2 is 1.61 bits per heavy atom. The number of rotatable bonds is 9. The van der Waals surface area contributed by atoms with Crippen LogP contribution in [0, 0.1) is 0 Å². The van der Waals surface area contributed by atoms with Crippen molar-refractivity contribution >= 4 is 5.97 Å². The van der Waals surface area contributed by atoms with Crippen LogP contribution in [0.25, 0.3) is 11.3 Å². The number of hydrogen-bond acceptors (Lipinski definition) is 7. The number of nitrogens with zero attached hydrogens (tertiary/aromatic N) is 1. The van der Waals surface area contributed by atoms with Gasteiger partial charge in [0.05, 0.1) is 13.7 Å². The highest BCUT2D eigenvalue weighted by Gasteiger charge is 2.10. The second-order valence-corrected chi connectivity index (χ2v) is 5.76. The Morgan fingerprint density at radius 1 is 0.964 bits per heavy atom. The van der Waals surface area contributed by atoms with Crippen LogP contribution < -0.4 is 14.2 Å². The van der Waals surface area contributed by atoms with Gasteiger partial charge in [-0.2, -0.15) is 0 Å². The number of methoxy groups -OCH3 is 1. The van der Waals surface area contributed by atoms with Gasteiger partial charge in [-0.3, -0.25) is 0 Å². The van der Waals surface area contributed by atoms with E-state index in [0.717, 1.165) is 17.1 Å². The summed E-state index contributed by atoms with van der Waals surface area (Å²) in [6, 6.07) is 16.1. The molecule has 28 heavy (non-hydrogen) atoms. The number of hydrogen-bond donors (Lipinski definition) is 0. The van der Waals surface area contributed by atoms with E-state index in [9.17, 15) is 4.79 Å². The summed E-state index contributed by atoms with van der Waals surface area (Å²) in [5, 5.41) is 3.91. The number of carbonyl (C=O) groups excluding carboxylic acids is 1. The highest BCUT2D eigenvalue weighted by Crippen LogP contribution is 2.23. The number of benzene rings is 2. The molecular formula is C21H21NO6. The molecule has 2 aromatic carbocycles. The minimum Gasteiger partial charge on any atom is -0.497 e. The topological polar surface area (TPSA) is 80.0 Å². The molecule has 7 nitrogen and oxygen atoms in total. The fourth-order valence-corrected chi connectivity index (χ4v) is 2.41. The van der Waals surface area contributed by atoms with Crippen molar-refractivity contribution in [3.05, 3.63) is 60.3 Å². The Morgan fingerprint density at radius 3 is 2.25 bits per heavy atom. The van der Waals surface area contributed by atoms with Gasteiger partial charge in [-0.05, 0) is 55.5 Å². The van der Waals surface area contributed by atoms with Crippen molar-refractivity contribution in [2.24, 2.45) is 0 Å². The zero-order valence-corrected chi connectivity index (χ0v) is 15.7. The van der Waals surface area contributed by atoms with Gasteiger partial charge in [0.25, 0.3) is 0 Å². The summed E-state index contributed by atoms with van der Waals surface area (Å²) >= 11 is 0. The van der Waals surface area contributed by atoms with Crippen molar-refractivity contribution in [1.29, 1.82) is 0 Å². The molecular weight excluding hydrogens is 362 g/mol. The normalized spacial score (nSPS) is 10.4. The molecule has 146 valence electrons. The lowest BCUT2D eigenvalue weighted by atomic mass is 10.1. The molecule has 0 bridgehead atoms. The summed E-state index contributed by atoms with van der Waals surface area (Å²) in [6.45, 7) is 2.31.